The molecular weight excluding hydrogens is 294 g/mol. The normalized spacial score (nSPS) is 23.0. The lowest BCUT2D eigenvalue weighted by Crippen LogP contribution is -2.46. The van der Waals surface area contributed by atoms with Crippen molar-refractivity contribution in [3.63, 3.8) is 0 Å². The molecule has 1 unspecified atom stereocenters. The molecule has 0 aromatic heterocycles. The minimum atomic E-state index is 0.688. The highest BCUT2D eigenvalue weighted by Crippen LogP contribution is 2.32. The van der Waals surface area contributed by atoms with Crippen molar-refractivity contribution in [3.05, 3.63) is 65.7 Å². The second-order valence-electron chi connectivity index (χ2n) is 6.85. The fourth-order valence-corrected chi connectivity index (χ4v) is 3.73. The van der Waals surface area contributed by atoms with Gasteiger partial charge in [-0.15, -0.1) is 0 Å². The van der Waals surface area contributed by atoms with Gasteiger partial charge in [0.1, 0.15) is 11.5 Å². The van der Waals surface area contributed by atoms with Crippen molar-refractivity contribution >= 4 is 6.08 Å². The van der Waals surface area contributed by atoms with Crippen LogP contribution in [-0.4, -0.2) is 24.0 Å². The van der Waals surface area contributed by atoms with Crippen molar-refractivity contribution in [2.24, 2.45) is 0 Å². The molecule has 1 aliphatic heterocycles. The van der Waals surface area contributed by atoms with Crippen molar-refractivity contribution in [1.29, 1.82) is 0 Å². The van der Waals surface area contributed by atoms with E-state index in [0.717, 1.165) is 11.5 Å². The van der Waals surface area contributed by atoms with Crippen molar-refractivity contribution in [2.75, 3.05) is 13.1 Å². The van der Waals surface area contributed by atoms with Crippen LogP contribution in [0.25, 0.3) is 6.08 Å². The Morgan fingerprint density at radius 2 is 1.58 bits per heavy atom. The molecule has 2 aromatic rings. The van der Waals surface area contributed by atoms with E-state index in [1.807, 2.05) is 30.3 Å². The average Bonchev–Trinajstić information content (AvgIpc) is 2.58. The molecule has 124 valence electrons. The molecule has 2 aliphatic rings. The molecule has 0 amide bonds. The zero-order chi connectivity index (χ0) is 16.2. The van der Waals surface area contributed by atoms with Gasteiger partial charge in [0.15, 0.2) is 0 Å². The average molecular weight is 319 g/mol. The Hall–Kier alpha value is -2.06. The van der Waals surface area contributed by atoms with Crippen LogP contribution in [0.2, 0.25) is 0 Å². The number of rotatable bonds is 4. The first-order chi connectivity index (χ1) is 11.9. The Kier molecular flexibility index (Phi) is 4.66. The summed E-state index contributed by atoms with van der Waals surface area (Å²) in [6.07, 6.45) is 9.09. The summed E-state index contributed by atoms with van der Waals surface area (Å²) in [7, 11) is 0. The number of nitrogens with zero attached hydrogens (tertiary/aromatic N) is 1. The molecule has 1 saturated carbocycles. The van der Waals surface area contributed by atoms with Gasteiger partial charge in [-0.1, -0.05) is 48.4 Å². The molecule has 0 bridgehead atoms. The molecular formula is C22H25NO. The van der Waals surface area contributed by atoms with Crippen LogP contribution in [0.4, 0.5) is 0 Å². The Balaban J connectivity index is 1.47. The maximum atomic E-state index is 5.88. The third-order valence-corrected chi connectivity index (χ3v) is 5.16. The van der Waals surface area contributed by atoms with Gasteiger partial charge in [0, 0.05) is 6.04 Å². The van der Waals surface area contributed by atoms with Crippen molar-refractivity contribution in [2.45, 2.75) is 38.1 Å². The minimum Gasteiger partial charge on any atom is -0.457 e. The number of hydrogen-bond donors (Lipinski definition) is 0. The lowest BCUT2D eigenvalue weighted by Gasteiger charge is -2.42. The van der Waals surface area contributed by atoms with Gasteiger partial charge >= 0.3 is 0 Å². The summed E-state index contributed by atoms with van der Waals surface area (Å²) in [6.45, 7) is 2.57. The molecule has 1 aliphatic carbocycles. The third kappa shape index (κ3) is 3.54. The van der Waals surface area contributed by atoms with Gasteiger partial charge < -0.3 is 4.74 Å². The fraction of sp³-hybridized carbons (Fsp3) is 0.364. The SMILES string of the molecule is C(=C1CCCCC1N1CCC1)c1ccc(Oc2ccccc2)cc1. The smallest absolute Gasteiger partial charge is 0.127 e. The molecule has 0 spiro atoms. The Labute approximate surface area is 144 Å². The van der Waals surface area contributed by atoms with Crippen LogP contribution in [0, 0.1) is 0 Å². The quantitative estimate of drug-likeness (QED) is 0.736. The van der Waals surface area contributed by atoms with E-state index in [0.29, 0.717) is 6.04 Å². The van der Waals surface area contributed by atoms with Crippen LogP contribution in [0.1, 0.15) is 37.7 Å². The highest BCUT2D eigenvalue weighted by atomic mass is 16.5. The van der Waals surface area contributed by atoms with Crippen molar-refractivity contribution in [1.82, 2.24) is 4.90 Å². The second-order valence-corrected chi connectivity index (χ2v) is 6.85. The maximum absolute atomic E-state index is 5.88. The van der Waals surface area contributed by atoms with E-state index < -0.39 is 0 Å². The van der Waals surface area contributed by atoms with Gasteiger partial charge in [-0.3, -0.25) is 4.90 Å². The van der Waals surface area contributed by atoms with Crippen LogP contribution >= 0.6 is 0 Å². The summed E-state index contributed by atoms with van der Waals surface area (Å²) in [5.74, 6) is 1.78. The van der Waals surface area contributed by atoms with Gasteiger partial charge in [0.25, 0.3) is 0 Å². The van der Waals surface area contributed by atoms with E-state index in [-0.39, 0.29) is 0 Å². The number of hydrogen-bond acceptors (Lipinski definition) is 2. The lowest BCUT2D eigenvalue weighted by molar-refractivity contribution is 0.121. The largest absolute Gasteiger partial charge is 0.457 e. The van der Waals surface area contributed by atoms with E-state index in [1.54, 1.807) is 5.57 Å². The molecule has 2 aromatic carbocycles. The number of likely N-dealkylation sites (tertiary alicyclic amines) is 1. The summed E-state index contributed by atoms with van der Waals surface area (Å²) >= 11 is 0. The molecule has 2 fully saturated rings. The number of ether oxygens (including phenoxy) is 1. The van der Waals surface area contributed by atoms with E-state index in [2.05, 4.69) is 35.2 Å². The van der Waals surface area contributed by atoms with Gasteiger partial charge in [-0.05, 0) is 68.6 Å². The molecule has 1 saturated heterocycles. The first-order valence-electron chi connectivity index (χ1n) is 9.16. The molecule has 4 rings (SSSR count). The van der Waals surface area contributed by atoms with Gasteiger partial charge in [-0.2, -0.15) is 0 Å². The standard InChI is InChI=1S/C22H25NO/c1-2-8-20(9-3-1)24-21-13-11-18(12-14-21)17-19-7-4-5-10-22(19)23-15-6-16-23/h1-3,8-9,11-14,17,22H,4-7,10,15-16H2. The topological polar surface area (TPSA) is 12.5 Å². The molecule has 2 heteroatoms. The summed E-state index contributed by atoms with van der Waals surface area (Å²) in [6, 6.07) is 19.1. The number of para-hydroxylation sites is 1. The van der Waals surface area contributed by atoms with E-state index in [1.165, 1.54) is 50.8 Å². The molecule has 0 radical (unpaired) electrons. The zero-order valence-corrected chi connectivity index (χ0v) is 14.2. The first kappa shape index (κ1) is 15.5. The second kappa shape index (κ2) is 7.23. The van der Waals surface area contributed by atoms with Crippen LogP contribution in [0.5, 0.6) is 11.5 Å². The van der Waals surface area contributed by atoms with Crippen LogP contribution in [-0.2, 0) is 0 Å². The van der Waals surface area contributed by atoms with Crippen LogP contribution in [0.3, 0.4) is 0 Å². The van der Waals surface area contributed by atoms with Crippen LogP contribution in [0.15, 0.2) is 60.2 Å². The van der Waals surface area contributed by atoms with Crippen LogP contribution < -0.4 is 4.74 Å². The van der Waals surface area contributed by atoms with Gasteiger partial charge in [-0.25, -0.2) is 0 Å². The molecule has 24 heavy (non-hydrogen) atoms. The lowest BCUT2D eigenvalue weighted by atomic mass is 9.86. The highest BCUT2D eigenvalue weighted by molar-refractivity contribution is 5.55. The maximum Gasteiger partial charge on any atom is 0.127 e. The molecule has 0 N–H and O–H groups in total. The monoisotopic (exact) mass is 319 g/mol. The van der Waals surface area contributed by atoms with Crippen molar-refractivity contribution in [3.8, 4) is 11.5 Å². The Bertz CT molecular complexity index is 686. The minimum absolute atomic E-state index is 0.688. The van der Waals surface area contributed by atoms with Gasteiger partial charge in [0.2, 0.25) is 0 Å². The predicted octanol–water partition coefficient (Wildman–Crippen LogP) is 5.51. The summed E-state index contributed by atoms with van der Waals surface area (Å²) in [5.41, 5.74) is 2.91. The van der Waals surface area contributed by atoms with E-state index in [9.17, 15) is 0 Å². The van der Waals surface area contributed by atoms with Crippen molar-refractivity contribution < 1.29 is 4.74 Å². The summed E-state index contributed by atoms with van der Waals surface area (Å²) < 4.78 is 5.88. The van der Waals surface area contributed by atoms with Gasteiger partial charge in [0.05, 0.1) is 0 Å². The fourth-order valence-electron chi connectivity index (χ4n) is 3.73. The third-order valence-electron chi connectivity index (χ3n) is 5.16. The Morgan fingerprint density at radius 3 is 2.29 bits per heavy atom. The molecule has 1 atom stereocenters. The van der Waals surface area contributed by atoms with E-state index in [4.69, 9.17) is 4.74 Å². The molecule has 2 nitrogen and oxygen atoms in total. The summed E-state index contributed by atoms with van der Waals surface area (Å²) in [5, 5.41) is 0. The van der Waals surface area contributed by atoms with E-state index >= 15 is 0 Å². The number of benzene rings is 2. The zero-order valence-electron chi connectivity index (χ0n) is 14.2. The highest BCUT2D eigenvalue weighted by Gasteiger charge is 2.28. The Morgan fingerprint density at radius 1 is 0.833 bits per heavy atom. The molecule has 1 heterocycles. The first-order valence-corrected chi connectivity index (χ1v) is 9.16. The predicted molar refractivity (Wildman–Crippen MR) is 99.4 cm³/mol. The summed E-state index contributed by atoms with van der Waals surface area (Å²) in [4.78, 5) is 2.65.